The molecular weight excluding hydrogens is 327 g/mol. The summed E-state index contributed by atoms with van der Waals surface area (Å²) in [7, 11) is 0. The van der Waals surface area contributed by atoms with Crippen molar-refractivity contribution in [1.82, 2.24) is 10.2 Å². The van der Waals surface area contributed by atoms with Crippen LogP contribution in [0.4, 0.5) is 0 Å². The van der Waals surface area contributed by atoms with Gasteiger partial charge in [-0.2, -0.15) is 0 Å². The number of hydrogen-bond acceptors (Lipinski definition) is 4. The standard InChI is InChI=1S/C15H19ClN2O3.ClH/c16-12-4-2-1-3-11(12)14-9-18(5-6-21-14)15(20)13-7-10(19)8-17-13;/h1-4,10,13-14,17,19H,5-9H2;1H. The van der Waals surface area contributed by atoms with Crippen molar-refractivity contribution in [2.75, 3.05) is 26.2 Å². The fourth-order valence-corrected chi connectivity index (χ4v) is 3.16. The Balaban J connectivity index is 0.00000176. The molecule has 2 aliphatic rings. The van der Waals surface area contributed by atoms with E-state index < -0.39 is 6.10 Å². The quantitative estimate of drug-likeness (QED) is 0.849. The highest BCUT2D eigenvalue weighted by Crippen LogP contribution is 2.28. The second-order valence-corrected chi connectivity index (χ2v) is 5.92. The van der Waals surface area contributed by atoms with E-state index in [1.54, 1.807) is 4.90 Å². The smallest absolute Gasteiger partial charge is 0.239 e. The van der Waals surface area contributed by atoms with Crippen LogP contribution in [-0.4, -0.2) is 54.3 Å². The number of hydrogen-bond donors (Lipinski definition) is 2. The normalized spacial score (nSPS) is 28.3. The van der Waals surface area contributed by atoms with Crippen LogP contribution < -0.4 is 5.32 Å². The number of rotatable bonds is 2. The number of benzene rings is 1. The molecule has 3 rings (SSSR count). The van der Waals surface area contributed by atoms with Gasteiger partial charge in [-0.1, -0.05) is 29.8 Å². The SMILES string of the molecule is Cl.O=C(C1CC(O)CN1)N1CCOC(c2ccccc2Cl)C1. The summed E-state index contributed by atoms with van der Waals surface area (Å²) >= 11 is 6.20. The van der Waals surface area contributed by atoms with Gasteiger partial charge >= 0.3 is 0 Å². The molecule has 2 heterocycles. The van der Waals surface area contributed by atoms with Gasteiger partial charge in [-0.3, -0.25) is 4.79 Å². The van der Waals surface area contributed by atoms with Crippen LogP contribution >= 0.6 is 24.0 Å². The molecule has 1 amide bonds. The number of aliphatic hydroxyl groups excluding tert-OH is 1. The summed E-state index contributed by atoms with van der Waals surface area (Å²) in [5, 5.41) is 13.3. The Morgan fingerprint density at radius 1 is 1.41 bits per heavy atom. The second-order valence-electron chi connectivity index (χ2n) is 5.52. The fourth-order valence-electron chi connectivity index (χ4n) is 2.90. The molecule has 1 aromatic carbocycles. The summed E-state index contributed by atoms with van der Waals surface area (Å²) in [6, 6.07) is 7.26. The van der Waals surface area contributed by atoms with E-state index in [0.29, 0.717) is 37.7 Å². The number of carbonyl (C=O) groups excluding carboxylic acids is 1. The maximum absolute atomic E-state index is 12.5. The minimum atomic E-state index is -0.431. The molecule has 2 saturated heterocycles. The number of nitrogens with one attached hydrogen (secondary N) is 1. The molecule has 2 fully saturated rings. The highest BCUT2D eigenvalue weighted by atomic mass is 35.5. The molecule has 0 saturated carbocycles. The van der Waals surface area contributed by atoms with E-state index in [1.807, 2.05) is 24.3 Å². The zero-order valence-electron chi connectivity index (χ0n) is 12.1. The van der Waals surface area contributed by atoms with Crippen molar-refractivity contribution >= 4 is 29.9 Å². The lowest BCUT2D eigenvalue weighted by atomic mass is 10.1. The van der Waals surface area contributed by atoms with Crippen molar-refractivity contribution in [3.05, 3.63) is 34.9 Å². The van der Waals surface area contributed by atoms with Gasteiger partial charge in [0.1, 0.15) is 6.10 Å². The van der Waals surface area contributed by atoms with Gasteiger partial charge in [0.05, 0.1) is 25.3 Å². The Kier molecular flexibility index (Phi) is 6.06. The van der Waals surface area contributed by atoms with Crippen molar-refractivity contribution < 1.29 is 14.6 Å². The fraction of sp³-hybridized carbons (Fsp3) is 0.533. The van der Waals surface area contributed by atoms with E-state index in [0.717, 1.165) is 5.56 Å². The first-order chi connectivity index (χ1) is 10.1. The van der Waals surface area contributed by atoms with Gasteiger partial charge in [0.2, 0.25) is 5.91 Å². The number of β-amino-alcohol motifs (C(OH)–C–C–N with tert-alkyl or cyclic N) is 1. The van der Waals surface area contributed by atoms with Gasteiger partial charge < -0.3 is 20.1 Å². The van der Waals surface area contributed by atoms with Crippen molar-refractivity contribution in [3.8, 4) is 0 Å². The summed E-state index contributed by atoms with van der Waals surface area (Å²) in [5.41, 5.74) is 0.913. The Hall–Kier alpha value is -0.850. The monoisotopic (exact) mass is 346 g/mol. The van der Waals surface area contributed by atoms with E-state index in [-0.39, 0.29) is 30.5 Å². The van der Waals surface area contributed by atoms with E-state index in [4.69, 9.17) is 16.3 Å². The predicted octanol–water partition coefficient (Wildman–Crippen LogP) is 1.38. The van der Waals surface area contributed by atoms with Crippen LogP contribution in [0.25, 0.3) is 0 Å². The lowest BCUT2D eigenvalue weighted by molar-refractivity contribution is -0.141. The molecule has 0 aliphatic carbocycles. The number of aliphatic hydroxyl groups is 1. The molecule has 0 bridgehead atoms. The van der Waals surface area contributed by atoms with Gasteiger partial charge in [0, 0.05) is 23.7 Å². The van der Waals surface area contributed by atoms with Crippen LogP contribution in [0.5, 0.6) is 0 Å². The van der Waals surface area contributed by atoms with Crippen LogP contribution in [0.2, 0.25) is 5.02 Å². The van der Waals surface area contributed by atoms with E-state index in [1.165, 1.54) is 0 Å². The number of amides is 1. The average Bonchev–Trinajstić information content (AvgIpc) is 2.94. The third-order valence-corrected chi connectivity index (χ3v) is 4.38. The summed E-state index contributed by atoms with van der Waals surface area (Å²) in [5.74, 6) is 0.0342. The molecule has 3 unspecified atom stereocenters. The van der Waals surface area contributed by atoms with Crippen LogP contribution in [0.1, 0.15) is 18.1 Å². The average molecular weight is 347 g/mol. The topological polar surface area (TPSA) is 61.8 Å². The third-order valence-electron chi connectivity index (χ3n) is 4.04. The Labute approximate surface area is 141 Å². The van der Waals surface area contributed by atoms with Crippen LogP contribution in [0.3, 0.4) is 0 Å². The molecule has 0 aromatic heterocycles. The summed E-state index contributed by atoms with van der Waals surface area (Å²) < 4.78 is 5.76. The largest absolute Gasteiger partial charge is 0.392 e. The second kappa shape index (κ2) is 7.62. The van der Waals surface area contributed by atoms with Gasteiger partial charge in [0.15, 0.2) is 0 Å². The lowest BCUT2D eigenvalue weighted by Gasteiger charge is -2.35. The van der Waals surface area contributed by atoms with E-state index >= 15 is 0 Å². The first-order valence-electron chi connectivity index (χ1n) is 7.21. The van der Waals surface area contributed by atoms with E-state index in [9.17, 15) is 9.90 Å². The number of halogens is 2. The molecule has 122 valence electrons. The lowest BCUT2D eigenvalue weighted by Crippen LogP contribution is -2.49. The maximum Gasteiger partial charge on any atom is 0.239 e. The van der Waals surface area contributed by atoms with Crippen molar-refractivity contribution in [2.45, 2.75) is 24.7 Å². The van der Waals surface area contributed by atoms with Crippen molar-refractivity contribution in [3.63, 3.8) is 0 Å². The van der Waals surface area contributed by atoms with Crippen LogP contribution in [0, 0.1) is 0 Å². The van der Waals surface area contributed by atoms with Gasteiger partial charge in [0.25, 0.3) is 0 Å². The van der Waals surface area contributed by atoms with Gasteiger partial charge in [-0.05, 0) is 12.5 Å². The molecule has 0 spiro atoms. The van der Waals surface area contributed by atoms with Crippen LogP contribution in [-0.2, 0) is 9.53 Å². The molecule has 2 N–H and O–H groups in total. The number of morpholine rings is 1. The number of nitrogens with zero attached hydrogens (tertiary/aromatic N) is 1. The maximum atomic E-state index is 12.5. The Bertz CT molecular complexity index is 529. The molecule has 0 radical (unpaired) electrons. The summed E-state index contributed by atoms with van der Waals surface area (Å²) in [6.45, 7) is 2.05. The zero-order valence-corrected chi connectivity index (χ0v) is 13.6. The van der Waals surface area contributed by atoms with E-state index in [2.05, 4.69) is 5.32 Å². The molecule has 5 nitrogen and oxygen atoms in total. The Morgan fingerprint density at radius 3 is 2.86 bits per heavy atom. The summed E-state index contributed by atoms with van der Waals surface area (Å²) in [6.07, 6.45) is -0.144. The minimum Gasteiger partial charge on any atom is -0.392 e. The highest BCUT2D eigenvalue weighted by Gasteiger charge is 2.34. The van der Waals surface area contributed by atoms with Gasteiger partial charge in [-0.25, -0.2) is 0 Å². The summed E-state index contributed by atoms with van der Waals surface area (Å²) in [4.78, 5) is 14.3. The number of ether oxygens (including phenoxy) is 1. The van der Waals surface area contributed by atoms with Crippen molar-refractivity contribution in [2.24, 2.45) is 0 Å². The molecule has 22 heavy (non-hydrogen) atoms. The molecule has 7 heteroatoms. The Morgan fingerprint density at radius 2 is 2.18 bits per heavy atom. The first kappa shape index (κ1) is 17.5. The molecular formula is C15H20Cl2N2O3. The molecule has 1 aromatic rings. The zero-order chi connectivity index (χ0) is 14.8. The molecule has 3 atom stereocenters. The number of carbonyl (C=O) groups is 1. The van der Waals surface area contributed by atoms with Gasteiger partial charge in [-0.15, -0.1) is 12.4 Å². The highest BCUT2D eigenvalue weighted by molar-refractivity contribution is 6.31. The predicted molar refractivity (Wildman–Crippen MR) is 86.4 cm³/mol. The van der Waals surface area contributed by atoms with Crippen molar-refractivity contribution in [1.29, 1.82) is 0 Å². The van der Waals surface area contributed by atoms with Crippen LogP contribution in [0.15, 0.2) is 24.3 Å². The minimum absolute atomic E-state index is 0. The first-order valence-corrected chi connectivity index (χ1v) is 7.59. The molecule has 2 aliphatic heterocycles. The third kappa shape index (κ3) is 3.73.